The number of hydrogen-bond acceptors (Lipinski definition) is 5. The predicted octanol–water partition coefficient (Wildman–Crippen LogP) is 2.70. The van der Waals surface area contributed by atoms with Gasteiger partial charge in [0.2, 0.25) is 0 Å². The predicted molar refractivity (Wildman–Crippen MR) is 82.5 cm³/mol. The van der Waals surface area contributed by atoms with Crippen molar-refractivity contribution in [1.29, 1.82) is 5.26 Å². The van der Waals surface area contributed by atoms with E-state index in [9.17, 15) is 9.59 Å². The summed E-state index contributed by atoms with van der Waals surface area (Å²) in [5.41, 5.74) is 2.87. The van der Waals surface area contributed by atoms with Crippen LogP contribution < -0.4 is 5.32 Å². The number of hydrogen-bond donors (Lipinski definition) is 2. The van der Waals surface area contributed by atoms with Crippen molar-refractivity contribution >= 4 is 35.0 Å². The number of carboxylic acid groups (broad SMARTS) is 1. The van der Waals surface area contributed by atoms with Gasteiger partial charge in [-0.15, -0.1) is 11.3 Å². The molecule has 2 rings (SSSR count). The third-order valence-corrected chi connectivity index (χ3v) is 3.69. The molecule has 1 aromatic heterocycles. The van der Waals surface area contributed by atoms with Gasteiger partial charge in [-0.05, 0) is 37.3 Å². The average Bonchev–Trinajstić information content (AvgIpc) is 2.90. The maximum Gasteiger partial charge on any atom is 0.335 e. The van der Waals surface area contributed by atoms with E-state index in [1.807, 2.05) is 6.07 Å². The Morgan fingerprint density at radius 2 is 2.05 bits per heavy atom. The van der Waals surface area contributed by atoms with Crippen LogP contribution in [0, 0.1) is 18.3 Å². The molecular formula is C15H11N3O3S. The zero-order valence-electron chi connectivity index (χ0n) is 11.5. The van der Waals surface area contributed by atoms with Crippen LogP contribution in [0.25, 0.3) is 6.08 Å². The van der Waals surface area contributed by atoms with Crippen molar-refractivity contribution in [3.05, 3.63) is 51.5 Å². The van der Waals surface area contributed by atoms with Crippen molar-refractivity contribution in [2.45, 2.75) is 6.92 Å². The van der Waals surface area contributed by atoms with E-state index >= 15 is 0 Å². The molecule has 0 atom stereocenters. The minimum Gasteiger partial charge on any atom is -0.478 e. The summed E-state index contributed by atoms with van der Waals surface area (Å²) in [5.74, 6) is -1.60. The molecule has 0 aliphatic heterocycles. The van der Waals surface area contributed by atoms with Crippen molar-refractivity contribution in [2.75, 3.05) is 5.32 Å². The number of benzene rings is 1. The standard InChI is InChI=1S/C15H11N3O3S/c1-9-13(22-8-17-9)6-11(7-16)14(19)18-12-4-2-10(3-5-12)15(20)21/h2-6,8H,1H3,(H,18,19)(H,20,21). The molecule has 6 nitrogen and oxygen atoms in total. The normalized spacial score (nSPS) is 10.8. The molecular weight excluding hydrogens is 302 g/mol. The zero-order valence-corrected chi connectivity index (χ0v) is 12.3. The van der Waals surface area contributed by atoms with Gasteiger partial charge in [0.25, 0.3) is 5.91 Å². The highest BCUT2D eigenvalue weighted by atomic mass is 32.1. The molecule has 0 aliphatic rings. The van der Waals surface area contributed by atoms with Crippen LogP contribution in [0.15, 0.2) is 35.3 Å². The average molecular weight is 313 g/mol. The van der Waals surface area contributed by atoms with Crippen LogP contribution in [0.5, 0.6) is 0 Å². The first kappa shape index (κ1) is 15.4. The van der Waals surface area contributed by atoms with Crippen molar-refractivity contribution in [3.8, 4) is 6.07 Å². The number of nitriles is 1. The summed E-state index contributed by atoms with van der Waals surface area (Å²) in [6.45, 7) is 1.79. The second-order valence-corrected chi connectivity index (χ2v) is 5.19. The van der Waals surface area contributed by atoms with E-state index in [2.05, 4.69) is 10.3 Å². The highest BCUT2D eigenvalue weighted by molar-refractivity contribution is 7.10. The quantitative estimate of drug-likeness (QED) is 0.667. The van der Waals surface area contributed by atoms with Crippen LogP contribution in [-0.4, -0.2) is 22.0 Å². The van der Waals surface area contributed by atoms with Crippen molar-refractivity contribution in [1.82, 2.24) is 4.98 Å². The van der Waals surface area contributed by atoms with Crippen LogP contribution in [0.1, 0.15) is 20.9 Å². The summed E-state index contributed by atoms with van der Waals surface area (Å²) in [6.07, 6.45) is 1.48. The third kappa shape index (κ3) is 3.56. The number of thiazole rings is 1. The number of aryl methyl sites for hydroxylation is 1. The molecule has 1 amide bonds. The Labute approximate surface area is 130 Å². The van der Waals surface area contributed by atoms with E-state index in [1.165, 1.54) is 41.7 Å². The number of carbonyl (C=O) groups is 2. The Bertz CT molecular complexity index is 785. The highest BCUT2D eigenvalue weighted by Crippen LogP contribution is 2.17. The summed E-state index contributed by atoms with van der Waals surface area (Å²) in [4.78, 5) is 27.6. The van der Waals surface area contributed by atoms with Crippen LogP contribution in [0.4, 0.5) is 5.69 Å². The molecule has 0 bridgehead atoms. The molecule has 2 aromatic rings. The van der Waals surface area contributed by atoms with E-state index < -0.39 is 11.9 Å². The largest absolute Gasteiger partial charge is 0.478 e. The second-order valence-electron chi connectivity index (χ2n) is 4.31. The number of aromatic nitrogens is 1. The SMILES string of the molecule is Cc1ncsc1C=C(C#N)C(=O)Nc1ccc(C(=O)O)cc1. The van der Waals surface area contributed by atoms with Gasteiger partial charge in [-0.1, -0.05) is 0 Å². The summed E-state index contributed by atoms with van der Waals surface area (Å²) in [6, 6.07) is 7.54. The van der Waals surface area contributed by atoms with Crippen LogP contribution in [0.3, 0.4) is 0 Å². The Morgan fingerprint density at radius 3 is 2.55 bits per heavy atom. The number of carboxylic acids is 1. The Kier molecular flexibility index (Phi) is 4.66. The first-order chi connectivity index (χ1) is 10.5. The summed E-state index contributed by atoms with van der Waals surface area (Å²) in [5, 5.41) is 20.5. The molecule has 22 heavy (non-hydrogen) atoms. The molecule has 0 saturated heterocycles. The molecule has 0 radical (unpaired) electrons. The third-order valence-electron chi connectivity index (χ3n) is 2.81. The number of rotatable bonds is 4. The lowest BCUT2D eigenvalue weighted by molar-refractivity contribution is -0.112. The molecule has 0 saturated carbocycles. The Balaban J connectivity index is 2.16. The molecule has 1 aromatic carbocycles. The van der Waals surface area contributed by atoms with Crippen molar-refractivity contribution in [3.63, 3.8) is 0 Å². The minimum absolute atomic E-state index is 0.0466. The monoisotopic (exact) mass is 313 g/mol. The summed E-state index contributed by atoms with van der Waals surface area (Å²) >= 11 is 1.34. The lowest BCUT2D eigenvalue weighted by atomic mass is 10.2. The number of nitrogens with one attached hydrogen (secondary N) is 1. The van der Waals surface area contributed by atoms with Gasteiger partial charge >= 0.3 is 5.97 Å². The number of anilines is 1. The molecule has 0 aliphatic carbocycles. The van der Waals surface area contributed by atoms with E-state index in [0.717, 1.165) is 10.6 Å². The lowest BCUT2D eigenvalue weighted by Crippen LogP contribution is -2.13. The molecule has 1 heterocycles. The number of aromatic carboxylic acids is 1. The van der Waals surface area contributed by atoms with Crippen LogP contribution in [0.2, 0.25) is 0 Å². The number of amides is 1. The fourth-order valence-electron chi connectivity index (χ4n) is 1.62. The van der Waals surface area contributed by atoms with Crippen LogP contribution >= 0.6 is 11.3 Å². The maximum atomic E-state index is 12.1. The van der Waals surface area contributed by atoms with E-state index in [-0.39, 0.29) is 11.1 Å². The van der Waals surface area contributed by atoms with Gasteiger partial charge in [0, 0.05) is 5.69 Å². The number of nitrogens with zero attached hydrogens (tertiary/aromatic N) is 2. The molecule has 0 spiro atoms. The minimum atomic E-state index is -1.05. The second kappa shape index (κ2) is 6.65. The van der Waals surface area contributed by atoms with E-state index in [1.54, 1.807) is 12.4 Å². The zero-order chi connectivity index (χ0) is 16.1. The summed E-state index contributed by atoms with van der Waals surface area (Å²) < 4.78 is 0. The van der Waals surface area contributed by atoms with Gasteiger partial charge in [0.1, 0.15) is 11.6 Å². The molecule has 0 unspecified atom stereocenters. The molecule has 110 valence electrons. The maximum absolute atomic E-state index is 12.1. The fourth-order valence-corrected chi connectivity index (χ4v) is 2.36. The van der Waals surface area contributed by atoms with Gasteiger partial charge in [0.15, 0.2) is 0 Å². The van der Waals surface area contributed by atoms with E-state index in [4.69, 9.17) is 10.4 Å². The van der Waals surface area contributed by atoms with Gasteiger partial charge in [-0.2, -0.15) is 5.26 Å². The van der Waals surface area contributed by atoms with E-state index in [0.29, 0.717) is 5.69 Å². The Hall–Kier alpha value is -2.98. The molecule has 7 heteroatoms. The molecule has 2 N–H and O–H groups in total. The summed E-state index contributed by atoms with van der Waals surface area (Å²) in [7, 11) is 0. The smallest absolute Gasteiger partial charge is 0.335 e. The molecule has 0 fully saturated rings. The lowest BCUT2D eigenvalue weighted by Gasteiger charge is -2.04. The fraction of sp³-hybridized carbons (Fsp3) is 0.0667. The van der Waals surface area contributed by atoms with Crippen molar-refractivity contribution in [2.24, 2.45) is 0 Å². The van der Waals surface area contributed by atoms with Gasteiger partial charge < -0.3 is 10.4 Å². The van der Waals surface area contributed by atoms with Crippen LogP contribution in [-0.2, 0) is 4.79 Å². The van der Waals surface area contributed by atoms with Crippen molar-refractivity contribution < 1.29 is 14.7 Å². The topological polar surface area (TPSA) is 103 Å². The van der Waals surface area contributed by atoms with Gasteiger partial charge in [-0.25, -0.2) is 9.78 Å². The first-order valence-corrected chi connectivity index (χ1v) is 7.06. The first-order valence-electron chi connectivity index (χ1n) is 6.18. The van der Waals surface area contributed by atoms with Gasteiger partial charge in [-0.3, -0.25) is 4.79 Å². The highest BCUT2D eigenvalue weighted by Gasteiger charge is 2.11. The van der Waals surface area contributed by atoms with Gasteiger partial charge in [0.05, 0.1) is 21.6 Å². The Morgan fingerprint density at radius 1 is 1.36 bits per heavy atom. The number of carbonyl (C=O) groups excluding carboxylic acids is 1.